The van der Waals surface area contributed by atoms with E-state index in [4.69, 9.17) is 9.66 Å². The monoisotopic (exact) mass is 494 g/mol. The minimum Gasteiger partial charge on any atom is -0.396 e. The highest BCUT2D eigenvalue weighted by atomic mass is 32.3. The predicted molar refractivity (Wildman–Crippen MR) is 136 cm³/mol. The SMILES string of the molecule is CCCCCCCC/C=C\CCCCCCCC(=O)NCCNCCCO.COS(=O)(=O)O. The third-order valence-electron chi connectivity index (χ3n) is 5.01. The van der Waals surface area contributed by atoms with Gasteiger partial charge in [0, 0.05) is 26.1 Å². The fraction of sp³-hybridized carbons (Fsp3) is 0.875. The van der Waals surface area contributed by atoms with Crippen LogP contribution in [0.3, 0.4) is 0 Å². The molecule has 198 valence electrons. The fourth-order valence-electron chi connectivity index (χ4n) is 3.06. The molecule has 0 spiro atoms. The van der Waals surface area contributed by atoms with Crippen molar-refractivity contribution in [1.29, 1.82) is 0 Å². The number of allylic oxidation sites excluding steroid dienone is 2. The van der Waals surface area contributed by atoms with Crippen LogP contribution in [0.5, 0.6) is 0 Å². The molecule has 0 radical (unpaired) electrons. The van der Waals surface area contributed by atoms with E-state index in [1.165, 1.54) is 70.6 Å². The molecule has 0 aromatic rings. The highest BCUT2D eigenvalue weighted by Gasteiger charge is 2.00. The van der Waals surface area contributed by atoms with Crippen LogP contribution in [0.15, 0.2) is 12.2 Å². The molecule has 0 aliphatic heterocycles. The van der Waals surface area contributed by atoms with Crippen LogP contribution in [0.1, 0.15) is 103 Å². The maximum Gasteiger partial charge on any atom is 0.397 e. The van der Waals surface area contributed by atoms with Crippen LogP contribution in [0.2, 0.25) is 0 Å². The van der Waals surface area contributed by atoms with E-state index in [1.54, 1.807) is 0 Å². The number of hydrogen-bond donors (Lipinski definition) is 4. The van der Waals surface area contributed by atoms with Crippen LogP contribution in [0, 0.1) is 0 Å². The van der Waals surface area contributed by atoms with Gasteiger partial charge in [-0.15, -0.1) is 0 Å². The second kappa shape index (κ2) is 27.2. The van der Waals surface area contributed by atoms with Crippen LogP contribution < -0.4 is 10.6 Å². The molecule has 0 rings (SSSR count). The topological polar surface area (TPSA) is 125 Å². The molecule has 0 saturated heterocycles. The molecule has 0 fully saturated rings. The van der Waals surface area contributed by atoms with Crippen LogP contribution in [-0.4, -0.2) is 57.3 Å². The van der Waals surface area contributed by atoms with Gasteiger partial charge in [0.1, 0.15) is 0 Å². The number of aliphatic hydroxyl groups excluding tert-OH is 1. The van der Waals surface area contributed by atoms with Crippen molar-refractivity contribution < 1.29 is 27.1 Å². The number of carbonyl (C=O) groups is 1. The summed E-state index contributed by atoms with van der Waals surface area (Å²) in [5.74, 6) is 0.164. The molecule has 1 amide bonds. The number of hydrogen-bond acceptors (Lipinski definition) is 6. The third-order valence-corrected chi connectivity index (χ3v) is 5.43. The van der Waals surface area contributed by atoms with Crippen molar-refractivity contribution in [3.63, 3.8) is 0 Å². The molecule has 0 aliphatic rings. The molecule has 0 unspecified atom stereocenters. The molecular formula is C24H50N2O6S. The molecule has 9 heteroatoms. The smallest absolute Gasteiger partial charge is 0.396 e. The number of rotatable bonds is 22. The first-order chi connectivity index (χ1) is 15.9. The Kier molecular flexibility index (Phi) is 28.2. The summed E-state index contributed by atoms with van der Waals surface area (Å²) in [6.07, 6.45) is 22.8. The Bertz CT molecular complexity index is 541. The normalized spacial score (nSPS) is 11.4. The van der Waals surface area contributed by atoms with Crippen LogP contribution in [0.4, 0.5) is 0 Å². The number of amides is 1. The van der Waals surface area contributed by atoms with E-state index < -0.39 is 10.4 Å². The zero-order valence-corrected chi connectivity index (χ0v) is 21.8. The van der Waals surface area contributed by atoms with Gasteiger partial charge >= 0.3 is 10.4 Å². The molecule has 8 nitrogen and oxygen atoms in total. The minimum absolute atomic E-state index is 0.164. The maximum absolute atomic E-state index is 11.7. The first-order valence-electron chi connectivity index (χ1n) is 12.6. The van der Waals surface area contributed by atoms with E-state index in [2.05, 4.69) is 33.9 Å². The second-order valence-corrected chi connectivity index (χ2v) is 9.29. The Hall–Kier alpha value is -1.00. The standard InChI is InChI=1S/C23H46N2O2.CH4O4S/c1-2-3-4-5-6-7-8-9-10-11-12-13-14-15-16-18-23(27)25-21-20-24-19-17-22-26;1-5-6(2,3)4/h9-10,24,26H,2-8,11-22H2,1H3,(H,25,27);1H3,(H,2,3,4)/b10-9-;. The van der Waals surface area contributed by atoms with E-state index in [-0.39, 0.29) is 12.5 Å². The van der Waals surface area contributed by atoms with Crippen molar-refractivity contribution in [3.8, 4) is 0 Å². The summed E-state index contributed by atoms with van der Waals surface area (Å²) in [7, 11) is -3.29. The molecule has 0 bridgehead atoms. The van der Waals surface area contributed by atoms with E-state index >= 15 is 0 Å². The number of nitrogens with one attached hydrogen (secondary N) is 2. The quantitative estimate of drug-likeness (QED) is 0.0988. The lowest BCUT2D eigenvalue weighted by Crippen LogP contribution is -2.32. The summed E-state index contributed by atoms with van der Waals surface area (Å²) >= 11 is 0. The van der Waals surface area contributed by atoms with E-state index in [1.807, 2.05) is 0 Å². The molecule has 0 aliphatic carbocycles. The lowest BCUT2D eigenvalue weighted by Gasteiger charge is -2.06. The van der Waals surface area contributed by atoms with Gasteiger partial charge in [0.25, 0.3) is 0 Å². The largest absolute Gasteiger partial charge is 0.397 e. The third kappa shape index (κ3) is 35.8. The number of aliphatic hydroxyl groups is 1. The van der Waals surface area contributed by atoms with Crippen LogP contribution >= 0.6 is 0 Å². The highest BCUT2D eigenvalue weighted by Crippen LogP contribution is 2.09. The molecule has 4 N–H and O–H groups in total. The Balaban J connectivity index is 0. The Morgan fingerprint density at radius 2 is 1.33 bits per heavy atom. The molecule has 0 heterocycles. The molecule has 0 aromatic carbocycles. The van der Waals surface area contributed by atoms with Gasteiger partial charge in [-0.2, -0.15) is 8.42 Å². The first kappa shape index (κ1) is 34.2. The highest BCUT2D eigenvalue weighted by molar-refractivity contribution is 7.80. The zero-order valence-electron chi connectivity index (χ0n) is 21.0. The second-order valence-electron chi connectivity index (χ2n) is 8.11. The summed E-state index contributed by atoms with van der Waals surface area (Å²) in [5, 5.41) is 14.8. The van der Waals surface area contributed by atoms with Gasteiger partial charge in [0.05, 0.1) is 7.11 Å². The maximum atomic E-state index is 11.7. The Morgan fingerprint density at radius 1 is 0.818 bits per heavy atom. The van der Waals surface area contributed by atoms with Gasteiger partial charge in [0.2, 0.25) is 5.91 Å². The molecule has 33 heavy (non-hydrogen) atoms. The average Bonchev–Trinajstić information content (AvgIpc) is 2.78. The van der Waals surface area contributed by atoms with Crippen molar-refractivity contribution in [2.45, 2.75) is 103 Å². The minimum atomic E-state index is -4.16. The predicted octanol–water partition coefficient (Wildman–Crippen LogP) is 4.55. The van der Waals surface area contributed by atoms with Gasteiger partial charge in [0.15, 0.2) is 0 Å². The number of unbranched alkanes of at least 4 members (excludes halogenated alkanes) is 11. The van der Waals surface area contributed by atoms with Crippen LogP contribution in [-0.2, 0) is 19.4 Å². The van der Waals surface area contributed by atoms with E-state index in [0.717, 1.165) is 39.5 Å². The van der Waals surface area contributed by atoms with Gasteiger partial charge < -0.3 is 15.7 Å². The fourth-order valence-corrected chi connectivity index (χ4v) is 3.06. The van der Waals surface area contributed by atoms with Gasteiger partial charge in [-0.3, -0.25) is 13.5 Å². The van der Waals surface area contributed by atoms with Crippen LogP contribution in [0.25, 0.3) is 0 Å². The molecular weight excluding hydrogens is 444 g/mol. The van der Waals surface area contributed by atoms with Crippen molar-refractivity contribution in [2.24, 2.45) is 0 Å². The molecule has 0 aromatic heterocycles. The van der Waals surface area contributed by atoms with Crippen molar-refractivity contribution in [2.75, 3.05) is 33.4 Å². The average molecular weight is 495 g/mol. The molecule has 0 atom stereocenters. The Labute approximate surface area is 202 Å². The van der Waals surface area contributed by atoms with Crippen molar-refractivity contribution in [1.82, 2.24) is 10.6 Å². The Morgan fingerprint density at radius 3 is 1.85 bits per heavy atom. The first-order valence-corrected chi connectivity index (χ1v) is 14.0. The number of carbonyl (C=O) groups excluding carboxylic acids is 1. The van der Waals surface area contributed by atoms with E-state index in [0.29, 0.717) is 13.0 Å². The summed E-state index contributed by atoms with van der Waals surface area (Å²) < 4.78 is 29.7. The van der Waals surface area contributed by atoms with Crippen molar-refractivity contribution in [3.05, 3.63) is 12.2 Å². The lowest BCUT2D eigenvalue weighted by atomic mass is 10.1. The van der Waals surface area contributed by atoms with Crippen molar-refractivity contribution >= 4 is 16.3 Å². The molecule has 0 saturated carbocycles. The van der Waals surface area contributed by atoms with Gasteiger partial charge in [-0.25, -0.2) is 0 Å². The summed E-state index contributed by atoms with van der Waals surface area (Å²) in [4.78, 5) is 11.7. The van der Waals surface area contributed by atoms with Gasteiger partial charge in [-0.05, 0) is 45.1 Å². The summed E-state index contributed by atoms with van der Waals surface area (Å²) in [5.41, 5.74) is 0. The lowest BCUT2D eigenvalue weighted by molar-refractivity contribution is -0.121. The summed E-state index contributed by atoms with van der Waals surface area (Å²) in [6, 6.07) is 0. The van der Waals surface area contributed by atoms with Gasteiger partial charge in [-0.1, -0.05) is 70.4 Å². The summed E-state index contributed by atoms with van der Waals surface area (Å²) in [6.45, 7) is 4.74. The van der Waals surface area contributed by atoms with E-state index in [9.17, 15) is 13.2 Å². The zero-order chi connectivity index (χ0) is 25.0.